The first kappa shape index (κ1) is 21.8. The van der Waals surface area contributed by atoms with E-state index >= 15 is 0 Å². The van der Waals surface area contributed by atoms with E-state index in [-0.39, 0.29) is 11.7 Å². The Kier molecular flexibility index (Phi) is 6.42. The van der Waals surface area contributed by atoms with Crippen LogP contribution < -0.4 is 19.2 Å². The van der Waals surface area contributed by atoms with Gasteiger partial charge in [-0.15, -0.1) is 0 Å². The van der Waals surface area contributed by atoms with E-state index in [2.05, 4.69) is 26.5 Å². The molecule has 0 saturated carbocycles. The number of hydrazone groups is 1. The van der Waals surface area contributed by atoms with E-state index in [4.69, 9.17) is 9.47 Å². The number of benzene rings is 3. The predicted octanol–water partition coefficient (Wildman–Crippen LogP) is 3.52. The number of hydrogen-bond acceptors (Lipinski definition) is 6. The van der Waals surface area contributed by atoms with Crippen LogP contribution in [0.5, 0.6) is 11.5 Å². The molecule has 1 aliphatic heterocycles. The highest BCUT2D eigenvalue weighted by Gasteiger charge is 2.27. The lowest BCUT2D eigenvalue weighted by Gasteiger charge is -2.23. The highest BCUT2D eigenvalue weighted by atomic mass is 79.9. The molecular formula is C22H18BrN3O5S. The van der Waals surface area contributed by atoms with Crippen molar-refractivity contribution in [3.8, 4) is 11.5 Å². The second-order valence-electron chi connectivity index (χ2n) is 6.71. The molecule has 1 aliphatic rings. The zero-order chi connectivity index (χ0) is 22.6. The van der Waals surface area contributed by atoms with E-state index in [1.54, 1.807) is 60.7 Å². The molecule has 1 amide bonds. The van der Waals surface area contributed by atoms with Crippen molar-refractivity contribution in [3.63, 3.8) is 0 Å². The van der Waals surface area contributed by atoms with Crippen molar-refractivity contribution in [1.82, 2.24) is 5.43 Å². The molecule has 3 aromatic carbocycles. The van der Waals surface area contributed by atoms with E-state index in [1.165, 1.54) is 18.3 Å². The molecule has 0 atom stereocenters. The normalized spacial score (nSPS) is 12.7. The van der Waals surface area contributed by atoms with Crippen LogP contribution in [0.15, 0.2) is 87.3 Å². The lowest BCUT2D eigenvalue weighted by Crippen LogP contribution is -2.39. The Hall–Kier alpha value is -3.37. The van der Waals surface area contributed by atoms with Crippen LogP contribution >= 0.6 is 15.9 Å². The minimum atomic E-state index is -3.97. The van der Waals surface area contributed by atoms with Gasteiger partial charge in [-0.3, -0.25) is 9.10 Å². The topological polar surface area (TPSA) is 97.3 Å². The van der Waals surface area contributed by atoms with Crippen molar-refractivity contribution in [1.29, 1.82) is 0 Å². The average molecular weight is 516 g/mol. The summed E-state index contributed by atoms with van der Waals surface area (Å²) < 4.78 is 38.8. The number of anilines is 1. The first-order chi connectivity index (χ1) is 15.4. The molecule has 0 aliphatic carbocycles. The van der Waals surface area contributed by atoms with Crippen molar-refractivity contribution < 1.29 is 22.7 Å². The fourth-order valence-corrected chi connectivity index (χ4v) is 4.69. The van der Waals surface area contributed by atoms with Gasteiger partial charge in [-0.25, -0.2) is 13.8 Å². The Morgan fingerprint density at radius 3 is 2.50 bits per heavy atom. The number of nitrogens with one attached hydrogen (secondary N) is 1. The highest BCUT2D eigenvalue weighted by Crippen LogP contribution is 2.32. The Labute approximate surface area is 193 Å². The number of hydrogen-bond donors (Lipinski definition) is 1. The van der Waals surface area contributed by atoms with Gasteiger partial charge >= 0.3 is 0 Å². The van der Waals surface area contributed by atoms with E-state index in [9.17, 15) is 13.2 Å². The van der Waals surface area contributed by atoms with Gasteiger partial charge in [-0.2, -0.15) is 5.10 Å². The van der Waals surface area contributed by atoms with Gasteiger partial charge in [0.1, 0.15) is 6.54 Å². The second-order valence-corrected chi connectivity index (χ2v) is 9.49. The molecule has 3 aromatic rings. The SMILES string of the molecule is O=C(CN(c1ccc(Br)cc1)S(=O)(=O)c1ccccc1)NN=Cc1ccc2c(c1)OCO2. The summed E-state index contributed by atoms with van der Waals surface area (Å²) in [5.74, 6) is 0.641. The summed E-state index contributed by atoms with van der Waals surface area (Å²) in [5, 5.41) is 3.93. The van der Waals surface area contributed by atoms with Gasteiger partial charge in [0.25, 0.3) is 15.9 Å². The van der Waals surface area contributed by atoms with Crippen molar-refractivity contribution in [2.24, 2.45) is 5.10 Å². The van der Waals surface area contributed by atoms with Gasteiger partial charge in [-0.05, 0) is 60.2 Å². The summed E-state index contributed by atoms with van der Waals surface area (Å²) in [6, 6.07) is 19.8. The fourth-order valence-electron chi connectivity index (χ4n) is 2.98. The molecule has 1 N–H and O–H groups in total. The number of rotatable bonds is 7. The van der Waals surface area contributed by atoms with Gasteiger partial charge in [0, 0.05) is 4.47 Å². The van der Waals surface area contributed by atoms with Crippen molar-refractivity contribution in [2.75, 3.05) is 17.6 Å². The molecule has 0 aromatic heterocycles. The van der Waals surface area contributed by atoms with E-state index < -0.39 is 22.5 Å². The van der Waals surface area contributed by atoms with E-state index in [1.807, 2.05) is 0 Å². The first-order valence-corrected chi connectivity index (χ1v) is 11.7. The maximum absolute atomic E-state index is 13.2. The summed E-state index contributed by atoms with van der Waals surface area (Å²) in [4.78, 5) is 12.6. The standard InChI is InChI=1S/C22H18BrN3O5S/c23-17-7-9-18(10-8-17)26(32(28,29)19-4-2-1-3-5-19)14-22(27)25-24-13-16-6-11-20-21(12-16)31-15-30-20/h1-13H,14-15H2,(H,25,27). The minimum absolute atomic E-state index is 0.0829. The Morgan fingerprint density at radius 1 is 1.03 bits per heavy atom. The van der Waals surface area contributed by atoms with Crippen molar-refractivity contribution >= 4 is 43.8 Å². The highest BCUT2D eigenvalue weighted by molar-refractivity contribution is 9.10. The molecule has 0 fully saturated rings. The number of carbonyl (C=O) groups excluding carboxylic acids is 1. The zero-order valence-corrected chi connectivity index (χ0v) is 19.0. The Morgan fingerprint density at radius 2 is 1.75 bits per heavy atom. The first-order valence-electron chi connectivity index (χ1n) is 9.48. The van der Waals surface area contributed by atoms with Gasteiger partial charge < -0.3 is 9.47 Å². The molecule has 164 valence electrons. The van der Waals surface area contributed by atoms with Crippen LogP contribution in [0.2, 0.25) is 0 Å². The molecule has 0 unspecified atom stereocenters. The third-order valence-corrected chi connectivity index (χ3v) is 6.85. The molecule has 4 rings (SSSR count). The van der Waals surface area contributed by atoms with Crippen molar-refractivity contribution in [3.05, 3.63) is 82.8 Å². The number of halogens is 1. The van der Waals surface area contributed by atoms with E-state index in [0.29, 0.717) is 22.7 Å². The van der Waals surface area contributed by atoms with Crippen LogP contribution in [0.4, 0.5) is 5.69 Å². The fraction of sp³-hybridized carbons (Fsp3) is 0.0909. The van der Waals surface area contributed by atoms with Gasteiger partial charge in [0.2, 0.25) is 6.79 Å². The minimum Gasteiger partial charge on any atom is -0.454 e. The van der Waals surface area contributed by atoms with Crippen LogP contribution in [0.1, 0.15) is 5.56 Å². The molecule has 10 heteroatoms. The van der Waals surface area contributed by atoms with Crippen LogP contribution in [-0.2, 0) is 14.8 Å². The lowest BCUT2D eigenvalue weighted by atomic mass is 10.2. The average Bonchev–Trinajstić information content (AvgIpc) is 3.27. The smallest absolute Gasteiger partial charge is 0.264 e. The zero-order valence-electron chi connectivity index (χ0n) is 16.6. The van der Waals surface area contributed by atoms with Gasteiger partial charge in [-0.1, -0.05) is 34.1 Å². The molecule has 1 heterocycles. The summed E-state index contributed by atoms with van der Waals surface area (Å²) in [7, 11) is -3.97. The van der Waals surface area contributed by atoms with Gasteiger partial charge in [0.15, 0.2) is 11.5 Å². The number of amides is 1. The maximum atomic E-state index is 13.2. The lowest BCUT2D eigenvalue weighted by molar-refractivity contribution is -0.119. The Bertz CT molecular complexity index is 1250. The third-order valence-electron chi connectivity index (χ3n) is 4.53. The van der Waals surface area contributed by atoms with E-state index in [0.717, 1.165) is 8.78 Å². The molecule has 0 saturated heterocycles. The Balaban J connectivity index is 1.51. The van der Waals surface area contributed by atoms with Crippen LogP contribution in [0.25, 0.3) is 0 Å². The predicted molar refractivity (Wildman–Crippen MR) is 123 cm³/mol. The number of fused-ring (bicyclic) bond motifs is 1. The van der Waals surface area contributed by atoms with Gasteiger partial charge in [0.05, 0.1) is 16.8 Å². The quantitative estimate of drug-likeness (QED) is 0.383. The summed E-state index contributed by atoms with van der Waals surface area (Å²) in [6.07, 6.45) is 1.44. The molecule has 0 spiro atoms. The summed E-state index contributed by atoms with van der Waals surface area (Å²) in [5.41, 5.74) is 3.42. The van der Waals surface area contributed by atoms with Crippen molar-refractivity contribution in [2.45, 2.75) is 4.90 Å². The number of sulfonamides is 1. The molecule has 8 nitrogen and oxygen atoms in total. The maximum Gasteiger partial charge on any atom is 0.264 e. The summed E-state index contributed by atoms with van der Waals surface area (Å²) in [6.45, 7) is -0.286. The molecular weight excluding hydrogens is 498 g/mol. The number of ether oxygens (including phenoxy) is 2. The van der Waals surface area contributed by atoms with Crippen LogP contribution in [0, 0.1) is 0 Å². The molecule has 0 bridgehead atoms. The second kappa shape index (κ2) is 9.41. The number of carbonyl (C=O) groups is 1. The summed E-state index contributed by atoms with van der Waals surface area (Å²) >= 11 is 3.33. The molecule has 32 heavy (non-hydrogen) atoms. The van der Waals surface area contributed by atoms with Crippen LogP contribution in [0.3, 0.4) is 0 Å². The largest absolute Gasteiger partial charge is 0.454 e. The monoisotopic (exact) mass is 515 g/mol. The van der Waals surface area contributed by atoms with Crippen LogP contribution in [-0.4, -0.2) is 33.9 Å². The number of nitrogens with zero attached hydrogens (tertiary/aromatic N) is 2. The molecule has 0 radical (unpaired) electrons. The third kappa shape index (κ3) is 4.92.